The molecule has 0 aliphatic rings. The molecule has 0 saturated carbocycles. The molecule has 0 aliphatic heterocycles. The van der Waals surface area contributed by atoms with Gasteiger partial charge >= 0.3 is 0 Å². The van der Waals surface area contributed by atoms with Crippen LogP contribution in [0, 0.1) is 0 Å². The molecule has 0 spiro atoms. The fourth-order valence-corrected chi connectivity index (χ4v) is 2.91. The first-order valence-corrected chi connectivity index (χ1v) is 8.04. The largest absolute Gasteiger partial charge is 0.305 e. The molecule has 3 nitrogen and oxygen atoms in total. The third kappa shape index (κ3) is 3.43. The van der Waals surface area contributed by atoms with Crippen LogP contribution in [0.15, 0.2) is 34.9 Å². The van der Waals surface area contributed by atoms with E-state index >= 15 is 0 Å². The van der Waals surface area contributed by atoms with E-state index in [9.17, 15) is 0 Å². The molecule has 1 aromatic heterocycles. The van der Waals surface area contributed by atoms with Crippen LogP contribution < -0.4 is 5.32 Å². The van der Waals surface area contributed by atoms with Gasteiger partial charge in [0, 0.05) is 22.2 Å². The molecule has 0 aliphatic carbocycles. The molecule has 1 heterocycles. The quantitative estimate of drug-likeness (QED) is 0.831. The highest BCUT2D eigenvalue weighted by Crippen LogP contribution is 2.31. The lowest BCUT2D eigenvalue weighted by Crippen LogP contribution is -2.26. The molecule has 1 atom stereocenters. The molecule has 0 bridgehead atoms. The topological polar surface area (TPSA) is 29.9 Å². The minimum atomic E-state index is 0.0884. The van der Waals surface area contributed by atoms with Crippen LogP contribution >= 0.6 is 27.5 Å². The first-order valence-electron chi connectivity index (χ1n) is 6.87. The molecule has 5 heteroatoms. The van der Waals surface area contributed by atoms with Crippen molar-refractivity contribution < 1.29 is 0 Å². The summed E-state index contributed by atoms with van der Waals surface area (Å²) in [6.07, 6.45) is 2.92. The monoisotopic (exact) mass is 355 g/mol. The lowest BCUT2D eigenvalue weighted by molar-refractivity contribution is 0.528. The van der Waals surface area contributed by atoms with Crippen LogP contribution in [0.1, 0.15) is 37.6 Å². The summed E-state index contributed by atoms with van der Waals surface area (Å²) in [5.41, 5.74) is 2.30. The van der Waals surface area contributed by atoms with Gasteiger partial charge in [-0.1, -0.05) is 34.5 Å². The summed E-state index contributed by atoms with van der Waals surface area (Å²) in [7, 11) is 0. The maximum absolute atomic E-state index is 6.16. The first-order chi connectivity index (χ1) is 9.67. The molecule has 0 saturated heterocycles. The second-order valence-corrected chi connectivity index (χ2v) is 5.92. The Morgan fingerprint density at radius 1 is 1.35 bits per heavy atom. The molecule has 20 heavy (non-hydrogen) atoms. The Balaban J connectivity index is 2.44. The van der Waals surface area contributed by atoms with Gasteiger partial charge in [-0.2, -0.15) is 5.10 Å². The van der Waals surface area contributed by atoms with Gasteiger partial charge < -0.3 is 5.32 Å². The smallest absolute Gasteiger partial charge is 0.0759 e. The Bertz CT molecular complexity index is 568. The van der Waals surface area contributed by atoms with Crippen LogP contribution in [0.2, 0.25) is 5.02 Å². The van der Waals surface area contributed by atoms with E-state index in [0.29, 0.717) is 0 Å². The van der Waals surface area contributed by atoms with Crippen molar-refractivity contribution in [2.24, 2.45) is 0 Å². The van der Waals surface area contributed by atoms with E-state index in [4.69, 9.17) is 11.6 Å². The maximum Gasteiger partial charge on any atom is 0.0759 e. The molecule has 0 radical (unpaired) electrons. The maximum atomic E-state index is 6.16. The van der Waals surface area contributed by atoms with Gasteiger partial charge in [-0.15, -0.1) is 0 Å². The minimum Gasteiger partial charge on any atom is -0.305 e. The molecule has 1 N–H and O–H groups in total. The Kier molecular flexibility index (Phi) is 5.64. The van der Waals surface area contributed by atoms with E-state index in [1.807, 2.05) is 29.1 Å². The summed E-state index contributed by atoms with van der Waals surface area (Å²) in [6.45, 7) is 6.05. The Labute approximate surface area is 133 Å². The molecule has 2 aromatic rings. The lowest BCUT2D eigenvalue weighted by Gasteiger charge is -2.21. The zero-order valence-corrected chi connectivity index (χ0v) is 14.1. The number of hydrogen-bond donors (Lipinski definition) is 1. The van der Waals surface area contributed by atoms with Crippen molar-refractivity contribution in [1.82, 2.24) is 15.1 Å². The summed E-state index contributed by atoms with van der Waals surface area (Å²) >= 11 is 9.79. The van der Waals surface area contributed by atoms with Gasteiger partial charge in [-0.05, 0) is 49.7 Å². The normalized spacial score (nSPS) is 12.6. The fourth-order valence-electron chi connectivity index (χ4n) is 2.25. The van der Waals surface area contributed by atoms with Crippen LogP contribution in [0.4, 0.5) is 0 Å². The Morgan fingerprint density at radius 2 is 2.15 bits per heavy atom. The van der Waals surface area contributed by atoms with E-state index in [0.717, 1.165) is 40.3 Å². The van der Waals surface area contributed by atoms with Gasteiger partial charge in [0.25, 0.3) is 0 Å². The summed E-state index contributed by atoms with van der Waals surface area (Å²) in [5.74, 6) is 0. The number of aryl methyl sites for hydroxylation is 1. The van der Waals surface area contributed by atoms with Crippen LogP contribution in [-0.4, -0.2) is 16.3 Å². The van der Waals surface area contributed by atoms with Crippen molar-refractivity contribution in [3.8, 4) is 0 Å². The SMILES string of the molecule is CCCNC(c1cc(Cl)ccc1Br)c1ccnn1CC. The van der Waals surface area contributed by atoms with E-state index < -0.39 is 0 Å². The third-order valence-electron chi connectivity index (χ3n) is 3.21. The van der Waals surface area contributed by atoms with E-state index in [2.05, 4.69) is 46.3 Å². The second kappa shape index (κ2) is 7.25. The third-order valence-corrected chi connectivity index (χ3v) is 4.17. The second-order valence-electron chi connectivity index (χ2n) is 4.62. The van der Waals surface area contributed by atoms with Gasteiger partial charge in [0.2, 0.25) is 0 Å². The summed E-state index contributed by atoms with van der Waals surface area (Å²) in [5, 5.41) is 8.70. The van der Waals surface area contributed by atoms with E-state index in [1.165, 1.54) is 0 Å². The number of hydrogen-bond acceptors (Lipinski definition) is 2. The summed E-state index contributed by atoms with van der Waals surface area (Å²) in [6, 6.07) is 8.04. The average Bonchev–Trinajstić information content (AvgIpc) is 2.91. The number of nitrogens with zero attached hydrogens (tertiary/aromatic N) is 2. The van der Waals surface area contributed by atoms with Crippen LogP contribution in [0.3, 0.4) is 0 Å². The van der Waals surface area contributed by atoms with Gasteiger partial charge in [-0.25, -0.2) is 0 Å². The van der Waals surface area contributed by atoms with Gasteiger partial charge in [0.15, 0.2) is 0 Å². The molecular weight excluding hydrogens is 338 g/mol. The number of aromatic nitrogens is 2. The Morgan fingerprint density at radius 3 is 2.85 bits per heavy atom. The molecule has 0 amide bonds. The zero-order valence-electron chi connectivity index (χ0n) is 11.7. The van der Waals surface area contributed by atoms with Crippen molar-refractivity contribution in [2.45, 2.75) is 32.9 Å². The number of benzene rings is 1. The summed E-state index contributed by atoms with van der Waals surface area (Å²) < 4.78 is 3.07. The van der Waals surface area contributed by atoms with Crippen LogP contribution in [0.25, 0.3) is 0 Å². The first kappa shape index (κ1) is 15.5. The van der Waals surface area contributed by atoms with Crippen molar-refractivity contribution >= 4 is 27.5 Å². The average molecular weight is 357 g/mol. The van der Waals surface area contributed by atoms with Crippen molar-refractivity contribution in [1.29, 1.82) is 0 Å². The molecule has 1 aromatic carbocycles. The fraction of sp³-hybridized carbons (Fsp3) is 0.400. The molecule has 2 rings (SSSR count). The van der Waals surface area contributed by atoms with Gasteiger partial charge in [-0.3, -0.25) is 4.68 Å². The van der Waals surface area contributed by atoms with Crippen LogP contribution in [0.5, 0.6) is 0 Å². The number of halogens is 2. The van der Waals surface area contributed by atoms with Crippen molar-refractivity contribution in [2.75, 3.05) is 6.54 Å². The highest BCUT2D eigenvalue weighted by molar-refractivity contribution is 9.10. The minimum absolute atomic E-state index is 0.0884. The van der Waals surface area contributed by atoms with Crippen LogP contribution in [-0.2, 0) is 6.54 Å². The Hall–Kier alpha value is -0.840. The predicted molar refractivity (Wildman–Crippen MR) is 87.2 cm³/mol. The highest BCUT2D eigenvalue weighted by Gasteiger charge is 2.20. The zero-order chi connectivity index (χ0) is 14.5. The number of nitrogens with one attached hydrogen (secondary N) is 1. The highest BCUT2D eigenvalue weighted by atomic mass is 79.9. The molecular formula is C15H19BrClN3. The van der Waals surface area contributed by atoms with E-state index in [-0.39, 0.29) is 6.04 Å². The molecule has 0 fully saturated rings. The molecule has 1 unspecified atom stereocenters. The predicted octanol–water partition coefficient (Wildman–Crippen LogP) is 4.41. The summed E-state index contributed by atoms with van der Waals surface area (Å²) in [4.78, 5) is 0. The van der Waals surface area contributed by atoms with Crippen molar-refractivity contribution in [3.63, 3.8) is 0 Å². The van der Waals surface area contributed by atoms with Crippen molar-refractivity contribution in [3.05, 3.63) is 51.2 Å². The number of rotatable bonds is 6. The standard InChI is InChI=1S/C15H19BrClN3/c1-3-8-18-15(14-7-9-19-20(14)4-2)12-10-11(17)5-6-13(12)16/h5-7,9-10,15,18H,3-4,8H2,1-2H3. The lowest BCUT2D eigenvalue weighted by atomic mass is 10.0. The van der Waals surface area contributed by atoms with Gasteiger partial charge in [0.1, 0.15) is 0 Å². The molecule has 108 valence electrons. The van der Waals surface area contributed by atoms with E-state index in [1.54, 1.807) is 0 Å². The van der Waals surface area contributed by atoms with Gasteiger partial charge in [0.05, 0.1) is 11.7 Å².